The van der Waals surface area contributed by atoms with Gasteiger partial charge in [0, 0.05) is 18.8 Å². The number of benzene rings is 1. The second kappa shape index (κ2) is 8.10. The summed E-state index contributed by atoms with van der Waals surface area (Å²) >= 11 is 0. The molecule has 5 heteroatoms. The molecule has 0 aliphatic heterocycles. The number of hydrogen-bond acceptors (Lipinski definition) is 5. The molecule has 1 aromatic carbocycles. The van der Waals surface area contributed by atoms with E-state index in [1.807, 2.05) is 6.07 Å². The van der Waals surface area contributed by atoms with E-state index in [4.69, 9.17) is 4.74 Å². The molecule has 23 heavy (non-hydrogen) atoms. The fourth-order valence-corrected chi connectivity index (χ4v) is 2.09. The fourth-order valence-electron chi connectivity index (χ4n) is 2.09. The Hall–Kier alpha value is -2.66. The van der Waals surface area contributed by atoms with E-state index in [1.54, 1.807) is 36.7 Å². The van der Waals surface area contributed by atoms with Gasteiger partial charge in [0.15, 0.2) is 17.3 Å². The molecule has 5 nitrogen and oxygen atoms in total. The van der Waals surface area contributed by atoms with Gasteiger partial charge in [-0.2, -0.15) is 0 Å². The third kappa shape index (κ3) is 4.93. The summed E-state index contributed by atoms with van der Waals surface area (Å²) < 4.78 is 5.00. The molecule has 0 spiro atoms. The van der Waals surface area contributed by atoms with Crippen molar-refractivity contribution in [2.45, 2.75) is 18.9 Å². The average Bonchev–Trinajstić information content (AvgIpc) is 2.59. The van der Waals surface area contributed by atoms with Crippen molar-refractivity contribution in [2.75, 3.05) is 7.11 Å². The molecule has 0 bridgehead atoms. The van der Waals surface area contributed by atoms with Crippen LogP contribution >= 0.6 is 0 Å². The van der Waals surface area contributed by atoms with Gasteiger partial charge in [-0.1, -0.05) is 12.1 Å². The lowest BCUT2D eigenvalue weighted by Crippen LogP contribution is -2.02. The number of ether oxygens (including phenoxy) is 1. The van der Waals surface area contributed by atoms with Gasteiger partial charge in [-0.05, 0) is 47.9 Å². The first-order valence-electron chi connectivity index (χ1n) is 7.26. The summed E-state index contributed by atoms with van der Waals surface area (Å²) in [7, 11) is 1.44. The standard InChI is InChI=1S/C18H19NO4/c1-23-18-11-14(5-8-17(18)22)16(21)9-7-15(20)6-4-13-3-2-10-19-12-13/h2-6,8,10-12,16,21-22H,7,9H2,1H3/b6-4+. The number of ketones is 1. The van der Waals surface area contributed by atoms with Gasteiger partial charge < -0.3 is 14.9 Å². The predicted molar refractivity (Wildman–Crippen MR) is 87.1 cm³/mol. The first-order valence-corrected chi connectivity index (χ1v) is 7.26. The minimum Gasteiger partial charge on any atom is -0.504 e. The van der Waals surface area contributed by atoms with Crippen molar-refractivity contribution in [1.29, 1.82) is 0 Å². The SMILES string of the molecule is COc1cc(C(O)CCC(=O)/C=C/c2cccnc2)ccc1O. The highest BCUT2D eigenvalue weighted by Gasteiger charge is 2.12. The van der Waals surface area contributed by atoms with E-state index in [1.165, 1.54) is 19.3 Å². The normalized spacial score (nSPS) is 12.3. The van der Waals surface area contributed by atoms with Crippen LogP contribution in [-0.2, 0) is 4.79 Å². The van der Waals surface area contributed by atoms with E-state index in [9.17, 15) is 15.0 Å². The van der Waals surface area contributed by atoms with Crippen LogP contribution in [0.15, 0.2) is 48.8 Å². The first kappa shape index (κ1) is 16.7. The van der Waals surface area contributed by atoms with Crippen molar-refractivity contribution in [2.24, 2.45) is 0 Å². The minimum atomic E-state index is -0.791. The van der Waals surface area contributed by atoms with E-state index in [0.29, 0.717) is 17.7 Å². The number of allylic oxidation sites excluding steroid dienone is 1. The molecule has 1 aromatic heterocycles. The van der Waals surface area contributed by atoms with Crippen molar-refractivity contribution < 1.29 is 19.7 Å². The van der Waals surface area contributed by atoms with Gasteiger partial charge in [0.25, 0.3) is 0 Å². The molecule has 0 fully saturated rings. The highest BCUT2D eigenvalue weighted by Crippen LogP contribution is 2.30. The lowest BCUT2D eigenvalue weighted by atomic mass is 10.0. The zero-order valence-electron chi connectivity index (χ0n) is 12.8. The molecule has 0 saturated heterocycles. The number of carbonyl (C=O) groups excluding carboxylic acids is 1. The molecule has 1 heterocycles. The van der Waals surface area contributed by atoms with Crippen LogP contribution in [0.3, 0.4) is 0 Å². The van der Waals surface area contributed by atoms with Crippen LogP contribution in [0, 0.1) is 0 Å². The Bertz CT molecular complexity index is 683. The van der Waals surface area contributed by atoms with Crippen LogP contribution in [0.2, 0.25) is 0 Å². The van der Waals surface area contributed by atoms with Gasteiger partial charge in [0.1, 0.15) is 0 Å². The molecule has 2 N–H and O–H groups in total. The molecule has 1 unspecified atom stereocenters. The Morgan fingerprint density at radius 1 is 1.39 bits per heavy atom. The predicted octanol–water partition coefficient (Wildman–Crippen LogP) is 2.89. The highest BCUT2D eigenvalue weighted by molar-refractivity contribution is 5.93. The number of nitrogens with zero attached hydrogens (tertiary/aromatic N) is 1. The summed E-state index contributed by atoms with van der Waals surface area (Å²) in [4.78, 5) is 15.8. The van der Waals surface area contributed by atoms with Gasteiger partial charge in [-0.15, -0.1) is 0 Å². The second-order valence-corrected chi connectivity index (χ2v) is 5.07. The summed E-state index contributed by atoms with van der Waals surface area (Å²) in [5.74, 6) is 0.238. The van der Waals surface area contributed by atoms with Crippen molar-refractivity contribution >= 4 is 11.9 Å². The number of aliphatic hydroxyl groups is 1. The molecule has 0 radical (unpaired) electrons. The number of hydrogen-bond donors (Lipinski definition) is 2. The number of methoxy groups -OCH3 is 1. The number of phenols is 1. The van der Waals surface area contributed by atoms with Crippen molar-refractivity contribution in [3.8, 4) is 11.5 Å². The topological polar surface area (TPSA) is 79.7 Å². The largest absolute Gasteiger partial charge is 0.504 e. The minimum absolute atomic E-state index is 0.0129. The maximum absolute atomic E-state index is 11.8. The maximum atomic E-state index is 11.8. The van der Waals surface area contributed by atoms with E-state index < -0.39 is 6.10 Å². The van der Waals surface area contributed by atoms with Crippen LogP contribution in [-0.4, -0.2) is 28.1 Å². The highest BCUT2D eigenvalue weighted by atomic mass is 16.5. The number of phenolic OH excluding ortho intramolecular Hbond substituents is 1. The Balaban J connectivity index is 1.90. The molecular weight excluding hydrogens is 294 g/mol. The van der Waals surface area contributed by atoms with E-state index in [-0.39, 0.29) is 18.0 Å². The third-order valence-electron chi connectivity index (χ3n) is 3.40. The molecule has 1 atom stereocenters. The van der Waals surface area contributed by atoms with Crippen molar-refractivity contribution in [1.82, 2.24) is 4.98 Å². The average molecular weight is 313 g/mol. The van der Waals surface area contributed by atoms with Crippen LogP contribution in [0.5, 0.6) is 11.5 Å². The molecule has 0 aliphatic carbocycles. The number of pyridine rings is 1. The van der Waals surface area contributed by atoms with E-state index in [0.717, 1.165) is 5.56 Å². The van der Waals surface area contributed by atoms with E-state index >= 15 is 0 Å². The maximum Gasteiger partial charge on any atom is 0.160 e. The molecule has 2 aromatic rings. The van der Waals surface area contributed by atoms with Crippen molar-refractivity contribution in [3.05, 3.63) is 59.9 Å². The molecule has 0 amide bonds. The molecule has 2 rings (SSSR count). The smallest absolute Gasteiger partial charge is 0.160 e. The second-order valence-electron chi connectivity index (χ2n) is 5.07. The summed E-state index contributed by atoms with van der Waals surface area (Å²) in [6, 6.07) is 8.29. The molecule has 120 valence electrons. The van der Waals surface area contributed by atoms with Gasteiger partial charge in [0.2, 0.25) is 0 Å². The third-order valence-corrected chi connectivity index (χ3v) is 3.40. The number of aliphatic hydroxyl groups excluding tert-OH is 1. The Labute approximate surface area is 134 Å². The zero-order valence-corrected chi connectivity index (χ0v) is 12.8. The summed E-state index contributed by atoms with van der Waals surface area (Å²) in [6.45, 7) is 0. The first-order chi connectivity index (χ1) is 11.1. The molecule has 0 aliphatic rings. The van der Waals surface area contributed by atoms with E-state index in [2.05, 4.69) is 4.98 Å². The number of rotatable bonds is 7. The zero-order chi connectivity index (χ0) is 16.7. The van der Waals surface area contributed by atoms with Crippen LogP contribution in [0.1, 0.15) is 30.1 Å². The summed E-state index contributed by atoms with van der Waals surface area (Å²) in [5.41, 5.74) is 1.45. The quantitative estimate of drug-likeness (QED) is 0.768. The summed E-state index contributed by atoms with van der Waals surface area (Å²) in [5, 5.41) is 19.7. The summed E-state index contributed by atoms with van der Waals surface area (Å²) in [6.07, 6.45) is 6.25. The lowest BCUT2D eigenvalue weighted by Gasteiger charge is -2.12. The monoisotopic (exact) mass is 313 g/mol. The number of aromatic nitrogens is 1. The van der Waals surface area contributed by atoms with Gasteiger partial charge in [-0.3, -0.25) is 9.78 Å². The Morgan fingerprint density at radius 3 is 2.91 bits per heavy atom. The van der Waals surface area contributed by atoms with Crippen molar-refractivity contribution in [3.63, 3.8) is 0 Å². The van der Waals surface area contributed by atoms with Crippen LogP contribution in [0.25, 0.3) is 6.08 Å². The molecule has 0 saturated carbocycles. The lowest BCUT2D eigenvalue weighted by molar-refractivity contribution is -0.115. The van der Waals surface area contributed by atoms with Gasteiger partial charge in [-0.25, -0.2) is 0 Å². The van der Waals surface area contributed by atoms with Crippen LogP contribution in [0.4, 0.5) is 0 Å². The molecular formula is C18H19NO4. The van der Waals surface area contributed by atoms with Gasteiger partial charge in [0.05, 0.1) is 13.2 Å². The Kier molecular flexibility index (Phi) is 5.88. The van der Waals surface area contributed by atoms with Crippen LogP contribution < -0.4 is 4.74 Å². The number of aromatic hydroxyl groups is 1. The fraction of sp³-hybridized carbons (Fsp3) is 0.222. The Morgan fingerprint density at radius 2 is 2.22 bits per heavy atom. The van der Waals surface area contributed by atoms with Gasteiger partial charge >= 0.3 is 0 Å². The number of carbonyl (C=O) groups is 1.